The standard InChI is InChI=1S/C15H29N3S/c1-6-10-16-11-14-13(9-4)17-15(19-14)18(5)12(7-2)8-3/h12,16H,6-11H2,1-5H3. The molecule has 1 N–H and O–H groups in total. The second-order valence-electron chi connectivity index (χ2n) is 4.98. The second-order valence-corrected chi connectivity index (χ2v) is 6.04. The first-order valence-corrected chi connectivity index (χ1v) is 8.41. The van der Waals surface area contributed by atoms with E-state index in [1.54, 1.807) is 0 Å². The summed E-state index contributed by atoms with van der Waals surface area (Å²) in [5, 5.41) is 4.67. The summed E-state index contributed by atoms with van der Waals surface area (Å²) < 4.78 is 0. The van der Waals surface area contributed by atoms with Crippen LogP contribution in [0.1, 0.15) is 57.5 Å². The smallest absolute Gasteiger partial charge is 0.185 e. The van der Waals surface area contributed by atoms with Crippen molar-refractivity contribution in [1.29, 1.82) is 0 Å². The van der Waals surface area contributed by atoms with Gasteiger partial charge in [-0.3, -0.25) is 0 Å². The van der Waals surface area contributed by atoms with Crippen LogP contribution >= 0.6 is 11.3 Å². The van der Waals surface area contributed by atoms with Crippen LogP contribution < -0.4 is 10.2 Å². The van der Waals surface area contributed by atoms with Gasteiger partial charge in [-0.15, -0.1) is 11.3 Å². The molecule has 0 unspecified atom stereocenters. The van der Waals surface area contributed by atoms with Gasteiger partial charge in [0.15, 0.2) is 5.13 Å². The Kier molecular flexibility index (Phi) is 7.39. The van der Waals surface area contributed by atoms with Gasteiger partial charge in [-0.2, -0.15) is 0 Å². The van der Waals surface area contributed by atoms with Gasteiger partial charge in [0, 0.05) is 24.5 Å². The third kappa shape index (κ3) is 4.46. The van der Waals surface area contributed by atoms with E-state index in [1.807, 2.05) is 11.3 Å². The fourth-order valence-corrected chi connectivity index (χ4v) is 3.46. The van der Waals surface area contributed by atoms with E-state index in [4.69, 9.17) is 4.98 Å². The summed E-state index contributed by atoms with van der Waals surface area (Å²) in [6, 6.07) is 0.604. The zero-order valence-corrected chi connectivity index (χ0v) is 13.9. The highest BCUT2D eigenvalue weighted by atomic mass is 32.1. The maximum Gasteiger partial charge on any atom is 0.185 e. The SMILES string of the molecule is CCCNCc1sc(N(C)C(CC)CC)nc1CC. The van der Waals surface area contributed by atoms with Crippen molar-refractivity contribution in [2.45, 2.75) is 66.0 Å². The lowest BCUT2D eigenvalue weighted by Crippen LogP contribution is -2.30. The van der Waals surface area contributed by atoms with Crippen LogP contribution in [-0.2, 0) is 13.0 Å². The van der Waals surface area contributed by atoms with Crippen LogP contribution in [0.25, 0.3) is 0 Å². The quantitative estimate of drug-likeness (QED) is 0.698. The Labute approximate surface area is 122 Å². The molecule has 1 heterocycles. The minimum Gasteiger partial charge on any atom is -0.348 e. The number of rotatable bonds is 9. The lowest BCUT2D eigenvalue weighted by molar-refractivity contribution is 0.590. The summed E-state index contributed by atoms with van der Waals surface area (Å²) in [6.45, 7) is 10.9. The van der Waals surface area contributed by atoms with Gasteiger partial charge in [0.05, 0.1) is 5.69 Å². The van der Waals surface area contributed by atoms with E-state index in [0.29, 0.717) is 6.04 Å². The maximum atomic E-state index is 4.83. The molecule has 1 aromatic rings. The highest BCUT2D eigenvalue weighted by molar-refractivity contribution is 7.15. The highest BCUT2D eigenvalue weighted by Gasteiger charge is 2.17. The van der Waals surface area contributed by atoms with Gasteiger partial charge < -0.3 is 10.2 Å². The molecule has 0 bridgehead atoms. The summed E-state index contributed by atoms with van der Waals surface area (Å²) in [5.74, 6) is 0. The molecule has 0 aliphatic carbocycles. The van der Waals surface area contributed by atoms with Crippen molar-refractivity contribution >= 4 is 16.5 Å². The van der Waals surface area contributed by atoms with Crippen LogP contribution in [0.15, 0.2) is 0 Å². The van der Waals surface area contributed by atoms with Gasteiger partial charge in [0.25, 0.3) is 0 Å². The Balaban J connectivity index is 2.79. The van der Waals surface area contributed by atoms with Crippen LogP contribution in [0.5, 0.6) is 0 Å². The molecule has 0 saturated heterocycles. The molecule has 0 aromatic carbocycles. The first-order valence-electron chi connectivity index (χ1n) is 7.59. The number of nitrogens with zero attached hydrogens (tertiary/aromatic N) is 2. The zero-order valence-electron chi connectivity index (χ0n) is 13.1. The largest absolute Gasteiger partial charge is 0.348 e. The number of anilines is 1. The molecule has 0 spiro atoms. The molecule has 4 heteroatoms. The number of thiazole rings is 1. The number of aromatic nitrogens is 1. The van der Waals surface area contributed by atoms with E-state index >= 15 is 0 Å². The Morgan fingerprint density at radius 1 is 1.21 bits per heavy atom. The zero-order chi connectivity index (χ0) is 14.3. The van der Waals surface area contributed by atoms with Gasteiger partial charge in [-0.05, 0) is 32.2 Å². The van der Waals surface area contributed by atoms with E-state index in [2.05, 4.69) is 45.0 Å². The molecule has 0 aliphatic heterocycles. The van der Waals surface area contributed by atoms with Crippen LogP contribution in [0.2, 0.25) is 0 Å². The highest BCUT2D eigenvalue weighted by Crippen LogP contribution is 2.28. The van der Waals surface area contributed by atoms with Crippen LogP contribution in [-0.4, -0.2) is 24.6 Å². The lowest BCUT2D eigenvalue weighted by atomic mass is 10.1. The average Bonchev–Trinajstić information content (AvgIpc) is 2.83. The minimum absolute atomic E-state index is 0.604. The van der Waals surface area contributed by atoms with Crippen LogP contribution in [0.4, 0.5) is 5.13 Å². The molecule has 0 aliphatic rings. The van der Waals surface area contributed by atoms with Gasteiger partial charge in [-0.25, -0.2) is 4.98 Å². The third-order valence-electron chi connectivity index (χ3n) is 3.61. The molecule has 0 atom stereocenters. The van der Waals surface area contributed by atoms with Crippen molar-refractivity contribution in [3.8, 4) is 0 Å². The van der Waals surface area contributed by atoms with E-state index in [1.165, 1.54) is 35.0 Å². The molecule has 0 amide bonds. The number of nitrogens with one attached hydrogen (secondary N) is 1. The van der Waals surface area contributed by atoms with E-state index in [0.717, 1.165) is 19.5 Å². The van der Waals surface area contributed by atoms with E-state index < -0.39 is 0 Å². The summed E-state index contributed by atoms with van der Waals surface area (Å²) in [4.78, 5) is 8.59. The fourth-order valence-electron chi connectivity index (χ4n) is 2.31. The fraction of sp³-hybridized carbons (Fsp3) is 0.800. The summed E-state index contributed by atoms with van der Waals surface area (Å²) in [5.41, 5.74) is 1.27. The van der Waals surface area contributed by atoms with Crippen molar-refractivity contribution in [3.05, 3.63) is 10.6 Å². The second kappa shape index (κ2) is 8.54. The summed E-state index contributed by atoms with van der Waals surface area (Å²) in [7, 11) is 2.18. The topological polar surface area (TPSA) is 28.2 Å². The third-order valence-corrected chi connectivity index (χ3v) is 4.79. The first kappa shape index (κ1) is 16.4. The first-order chi connectivity index (χ1) is 9.17. The average molecular weight is 283 g/mol. The molecule has 0 saturated carbocycles. The monoisotopic (exact) mass is 283 g/mol. The van der Waals surface area contributed by atoms with Gasteiger partial charge in [0.1, 0.15) is 0 Å². The molecule has 19 heavy (non-hydrogen) atoms. The summed E-state index contributed by atoms with van der Waals surface area (Å²) >= 11 is 1.85. The number of aryl methyl sites for hydroxylation is 1. The van der Waals surface area contributed by atoms with Gasteiger partial charge in [0.2, 0.25) is 0 Å². The normalized spacial score (nSPS) is 11.3. The Morgan fingerprint density at radius 2 is 1.89 bits per heavy atom. The van der Waals surface area contributed by atoms with Crippen LogP contribution in [0, 0.1) is 0 Å². The Bertz CT molecular complexity index is 358. The molecule has 0 fully saturated rings. The predicted molar refractivity (Wildman–Crippen MR) is 86.3 cm³/mol. The van der Waals surface area contributed by atoms with Gasteiger partial charge >= 0.3 is 0 Å². The van der Waals surface area contributed by atoms with E-state index in [-0.39, 0.29) is 0 Å². The molecule has 3 nitrogen and oxygen atoms in total. The minimum atomic E-state index is 0.604. The van der Waals surface area contributed by atoms with Crippen molar-refractivity contribution < 1.29 is 0 Å². The van der Waals surface area contributed by atoms with E-state index in [9.17, 15) is 0 Å². The molecule has 1 rings (SSSR count). The molecular formula is C15H29N3S. The van der Waals surface area contributed by atoms with Crippen molar-refractivity contribution in [2.24, 2.45) is 0 Å². The molecular weight excluding hydrogens is 254 g/mol. The van der Waals surface area contributed by atoms with Crippen molar-refractivity contribution in [1.82, 2.24) is 10.3 Å². The maximum absolute atomic E-state index is 4.83. The number of hydrogen-bond donors (Lipinski definition) is 1. The number of hydrogen-bond acceptors (Lipinski definition) is 4. The Hall–Kier alpha value is -0.610. The van der Waals surface area contributed by atoms with Crippen molar-refractivity contribution in [3.63, 3.8) is 0 Å². The lowest BCUT2D eigenvalue weighted by Gasteiger charge is -2.25. The van der Waals surface area contributed by atoms with Gasteiger partial charge in [-0.1, -0.05) is 27.7 Å². The predicted octanol–water partition coefficient (Wildman–Crippen LogP) is 3.83. The molecule has 1 aromatic heterocycles. The van der Waals surface area contributed by atoms with Crippen molar-refractivity contribution in [2.75, 3.05) is 18.5 Å². The molecule has 0 radical (unpaired) electrons. The summed E-state index contributed by atoms with van der Waals surface area (Å²) in [6.07, 6.45) is 4.56. The molecule has 110 valence electrons. The van der Waals surface area contributed by atoms with Crippen LogP contribution in [0.3, 0.4) is 0 Å². The Morgan fingerprint density at radius 3 is 2.42 bits per heavy atom.